The van der Waals surface area contributed by atoms with Crippen LogP contribution in [0.3, 0.4) is 0 Å². The Balaban J connectivity index is 3.30. The molecule has 6 nitrogen and oxygen atoms in total. The molecule has 0 radical (unpaired) electrons. The fraction of sp³-hybridized carbons (Fsp3) is 1.00. The van der Waals surface area contributed by atoms with E-state index in [-0.39, 0.29) is 0 Å². The lowest BCUT2D eigenvalue weighted by atomic mass is 10.6. The van der Waals surface area contributed by atoms with Crippen LogP contribution in [0.5, 0.6) is 0 Å². The molecule has 18 heavy (non-hydrogen) atoms. The van der Waals surface area contributed by atoms with E-state index in [0.717, 1.165) is 0 Å². The van der Waals surface area contributed by atoms with Crippen molar-refractivity contribution in [3.63, 3.8) is 0 Å². The lowest BCUT2D eigenvalue weighted by Gasteiger charge is -2.38. The van der Waals surface area contributed by atoms with Gasteiger partial charge in [-0.25, -0.2) is 12.9 Å². The minimum absolute atomic E-state index is 0.527. The van der Waals surface area contributed by atoms with Crippen molar-refractivity contribution in [2.75, 3.05) is 0 Å². The lowest BCUT2D eigenvalue weighted by Crippen LogP contribution is -2.18. The molecule has 0 spiro atoms. The van der Waals surface area contributed by atoms with Gasteiger partial charge in [-0.05, 0) is 0 Å². The van der Waals surface area contributed by atoms with E-state index in [1.807, 2.05) is 0 Å². The average Bonchev–Trinajstić information content (AvgIpc) is 2.14. The van der Waals surface area contributed by atoms with E-state index in [9.17, 15) is 13.7 Å². The van der Waals surface area contributed by atoms with Gasteiger partial charge in [-0.1, -0.05) is 41.5 Å². The Kier molecular flexibility index (Phi) is 4.77. The molecule has 1 saturated heterocycles. The van der Waals surface area contributed by atoms with Crippen LogP contribution in [0, 0.1) is 0 Å². The molecule has 0 aliphatic carbocycles. The summed E-state index contributed by atoms with van der Waals surface area (Å²) >= 11 is 0. The molecular weight excluding hydrogens is 297 g/mol. The van der Waals surface area contributed by atoms with Crippen LogP contribution in [0.25, 0.3) is 0 Å². The second-order valence-electron chi connectivity index (χ2n) is 5.15. The number of hydrogen-bond acceptors (Lipinski definition) is 6. The van der Waals surface area contributed by atoms with Crippen molar-refractivity contribution in [1.82, 2.24) is 0 Å². The highest BCUT2D eigenvalue weighted by Crippen LogP contribution is 2.85. The summed E-state index contributed by atoms with van der Waals surface area (Å²) in [6.07, 6.45) is 0. The van der Waals surface area contributed by atoms with Crippen molar-refractivity contribution in [3.8, 4) is 0 Å². The topological polar surface area (TPSA) is 78.9 Å². The summed E-state index contributed by atoms with van der Waals surface area (Å²) in [7, 11) is -11.1. The molecule has 0 amide bonds. The van der Waals surface area contributed by atoms with Crippen LogP contribution in [0.1, 0.15) is 41.5 Å². The SMILES string of the molecule is CC(C)P1(=O)OP(=O)(C(C)C)OP(=O)(C(C)C)O1. The van der Waals surface area contributed by atoms with Gasteiger partial charge in [-0.2, -0.15) is 0 Å². The second-order valence-corrected chi connectivity index (χ2v) is 13.4. The first-order valence-electron chi connectivity index (χ1n) is 5.88. The first kappa shape index (κ1) is 16.6. The molecule has 0 saturated carbocycles. The molecule has 108 valence electrons. The zero-order valence-electron chi connectivity index (χ0n) is 11.5. The summed E-state index contributed by atoms with van der Waals surface area (Å²) < 4.78 is 52.9. The van der Waals surface area contributed by atoms with Gasteiger partial charge >= 0.3 is 22.8 Å². The minimum atomic E-state index is -3.69. The standard InChI is InChI=1S/C9H21O6P3/c1-7(2)16(10)13-17(11,8(3)4)15-18(12,14-16)9(5)6/h7-9H,1-6H3. The van der Waals surface area contributed by atoms with E-state index in [4.69, 9.17) is 12.9 Å². The van der Waals surface area contributed by atoms with Gasteiger partial charge in [0, 0.05) is 0 Å². The smallest absolute Gasteiger partial charge is 0.259 e. The predicted molar refractivity (Wildman–Crippen MR) is 71.5 cm³/mol. The summed E-state index contributed by atoms with van der Waals surface area (Å²) in [6, 6.07) is 0. The summed E-state index contributed by atoms with van der Waals surface area (Å²) in [5, 5.41) is 0. The normalized spacial score (nSPS) is 41.8. The highest BCUT2D eigenvalue weighted by Gasteiger charge is 2.56. The first-order chi connectivity index (χ1) is 7.95. The fourth-order valence-corrected chi connectivity index (χ4v) is 10.6. The van der Waals surface area contributed by atoms with E-state index in [1.54, 1.807) is 41.5 Å². The summed E-state index contributed by atoms with van der Waals surface area (Å²) in [5.41, 5.74) is -1.58. The van der Waals surface area contributed by atoms with Crippen molar-refractivity contribution in [2.45, 2.75) is 58.5 Å². The van der Waals surface area contributed by atoms with Crippen molar-refractivity contribution < 1.29 is 26.6 Å². The van der Waals surface area contributed by atoms with Crippen LogP contribution in [-0.4, -0.2) is 17.0 Å². The molecular formula is C9H21O6P3. The summed E-state index contributed by atoms with van der Waals surface area (Å²) in [4.78, 5) is 0. The van der Waals surface area contributed by atoms with Crippen molar-refractivity contribution >= 4 is 22.8 Å². The molecule has 1 rings (SSSR count). The van der Waals surface area contributed by atoms with Gasteiger partial charge < -0.3 is 0 Å². The molecule has 0 bridgehead atoms. The van der Waals surface area contributed by atoms with Crippen LogP contribution in [0.2, 0.25) is 0 Å². The Morgan fingerprint density at radius 3 is 0.833 bits per heavy atom. The van der Waals surface area contributed by atoms with Gasteiger partial charge in [0.2, 0.25) is 0 Å². The molecule has 9 heteroatoms. The molecule has 0 unspecified atom stereocenters. The van der Waals surface area contributed by atoms with Crippen molar-refractivity contribution in [1.29, 1.82) is 0 Å². The van der Waals surface area contributed by atoms with Crippen LogP contribution < -0.4 is 0 Å². The second kappa shape index (κ2) is 5.16. The van der Waals surface area contributed by atoms with E-state index < -0.39 is 39.8 Å². The average molecular weight is 318 g/mol. The largest absolute Gasteiger partial charge is 0.347 e. The van der Waals surface area contributed by atoms with Gasteiger partial charge in [0.05, 0.1) is 17.0 Å². The highest BCUT2D eigenvalue weighted by atomic mass is 31.3. The van der Waals surface area contributed by atoms with E-state index >= 15 is 0 Å². The molecule has 0 N–H and O–H groups in total. The molecule has 1 aliphatic rings. The van der Waals surface area contributed by atoms with E-state index in [1.165, 1.54) is 0 Å². The number of hydrogen-bond donors (Lipinski definition) is 0. The molecule has 1 heterocycles. The van der Waals surface area contributed by atoms with Crippen LogP contribution >= 0.6 is 22.8 Å². The maximum Gasteiger partial charge on any atom is 0.347 e. The van der Waals surface area contributed by atoms with Gasteiger partial charge in [0.15, 0.2) is 0 Å². The molecule has 0 atom stereocenters. The minimum Gasteiger partial charge on any atom is -0.259 e. The van der Waals surface area contributed by atoms with E-state index in [0.29, 0.717) is 0 Å². The summed E-state index contributed by atoms with van der Waals surface area (Å²) in [6.45, 7) is 9.68. The predicted octanol–water partition coefficient (Wildman–Crippen LogP) is 4.85. The maximum absolute atomic E-state index is 12.5. The molecule has 1 fully saturated rings. The fourth-order valence-electron chi connectivity index (χ4n) is 1.09. The number of rotatable bonds is 3. The van der Waals surface area contributed by atoms with E-state index in [2.05, 4.69) is 0 Å². The van der Waals surface area contributed by atoms with Gasteiger partial charge in [0.25, 0.3) is 0 Å². The molecule has 0 aromatic rings. The van der Waals surface area contributed by atoms with Crippen LogP contribution in [0.15, 0.2) is 0 Å². The van der Waals surface area contributed by atoms with Gasteiger partial charge in [0.1, 0.15) is 0 Å². The third kappa shape index (κ3) is 3.00. The Labute approximate surface area is 108 Å². The van der Waals surface area contributed by atoms with Gasteiger partial charge in [-0.15, -0.1) is 0 Å². The third-order valence-corrected chi connectivity index (χ3v) is 11.8. The Morgan fingerprint density at radius 1 is 0.556 bits per heavy atom. The molecule has 0 aromatic heterocycles. The van der Waals surface area contributed by atoms with Crippen LogP contribution in [0.4, 0.5) is 0 Å². The molecule has 1 aliphatic heterocycles. The Hall–Kier alpha value is 0.570. The Morgan fingerprint density at radius 2 is 0.722 bits per heavy atom. The Bertz CT molecular complexity index is 371. The highest BCUT2D eigenvalue weighted by molar-refractivity contribution is 7.80. The first-order valence-corrected chi connectivity index (χ1v) is 10.7. The monoisotopic (exact) mass is 318 g/mol. The zero-order chi connectivity index (χ0) is 14.4. The van der Waals surface area contributed by atoms with Crippen molar-refractivity contribution in [3.05, 3.63) is 0 Å². The third-order valence-electron chi connectivity index (χ3n) is 2.58. The van der Waals surface area contributed by atoms with Crippen LogP contribution in [-0.2, 0) is 26.6 Å². The lowest BCUT2D eigenvalue weighted by molar-refractivity contribution is 0.264. The van der Waals surface area contributed by atoms with Crippen molar-refractivity contribution in [2.24, 2.45) is 0 Å². The maximum atomic E-state index is 12.5. The zero-order valence-corrected chi connectivity index (χ0v) is 14.2. The molecule has 0 aromatic carbocycles. The van der Waals surface area contributed by atoms with Gasteiger partial charge in [-0.3, -0.25) is 13.7 Å². The quantitative estimate of drug-likeness (QED) is 0.692. The summed E-state index contributed by atoms with van der Waals surface area (Å²) in [5.74, 6) is 0.